The van der Waals surface area contributed by atoms with Gasteiger partial charge in [-0.05, 0) is 30.3 Å². The minimum atomic E-state index is -0.474. The van der Waals surface area contributed by atoms with Crippen molar-refractivity contribution >= 4 is 28.9 Å². The lowest BCUT2D eigenvalue weighted by atomic mass is 10.1. The van der Waals surface area contributed by atoms with Gasteiger partial charge in [0.15, 0.2) is 0 Å². The molecule has 2 rings (SSSR count). The van der Waals surface area contributed by atoms with Crippen molar-refractivity contribution in [2.24, 2.45) is 0 Å². The minimum absolute atomic E-state index is 0.186. The highest BCUT2D eigenvalue weighted by atomic mass is 35.5. The van der Waals surface area contributed by atoms with Gasteiger partial charge in [-0.3, -0.25) is 4.79 Å². The molecular formula is C14H12ClFN2O. The third-order valence-corrected chi connectivity index (χ3v) is 3.07. The number of halogens is 2. The summed E-state index contributed by atoms with van der Waals surface area (Å²) in [6.07, 6.45) is 0. The highest BCUT2D eigenvalue weighted by Gasteiger charge is 2.18. The number of nitrogens with two attached hydrogens (primary N) is 1. The second kappa shape index (κ2) is 5.28. The van der Waals surface area contributed by atoms with Crippen molar-refractivity contribution in [1.29, 1.82) is 0 Å². The van der Waals surface area contributed by atoms with Crippen LogP contribution in [0.5, 0.6) is 0 Å². The highest BCUT2D eigenvalue weighted by molar-refractivity contribution is 6.34. The van der Waals surface area contributed by atoms with Crippen molar-refractivity contribution in [1.82, 2.24) is 0 Å². The molecule has 0 radical (unpaired) electrons. The molecule has 98 valence electrons. The Balaban J connectivity index is 2.39. The van der Waals surface area contributed by atoms with Crippen LogP contribution in [0.2, 0.25) is 5.02 Å². The van der Waals surface area contributed by atoms with Gasteiger partial charge >= 0.3 is 0 Å². The zero-order valence-electron chi connectivity index (χ0n) is 10.2. The summed E-state index contributed by atoms with van der Waals surface area (Å²) < 4.78 is 13.6. The van der Waals surface area contributed by atoms with Gasteiger partial charge in [0.25, 0.3) is 5.91 Å². The summed E-state index contributed by atoms with van der Waals surface area (Å²) in [5.74, 6) is -0.888. The number of nitrogen functional groups attached to an aromatic ring is 1. The Labute approximate surface area is 115 Å². The lowest BCUT2D eigenvalue weighted by molar-refractivity contribution is 0.0992. The molecule has 0 saturated heterocycles. The van der Waals surface area contributed by atoms with Gasteiger partial charge in [0.05, 0.1) is 16.3 Å². The Morgan fingerprint density at radius 1 is 1.26 bits per heavy atom. The second-order valence-electron chi connectivity index (χ2n) is 4.05. The molecule has 2 aromatic carbocycles. The molecule has 19 heavy (non-hydrogen) atoms. The van der Waals surface area contributed by atoms with E-state index in [9.17, 15) is 9.18 Å². The first-order valence-corrected chi connectivity index (χ1v) is 5.96. The molecule has 0 spiro atoms. The van der Waals surface area contributed by atoms with E-state index in [1.165, 1.54) is 30.1 Å². The highest BCUT2D eigenvalue weighted by Crippen LogP contribution is 2.24. The van der Waals surface area contributed by atoms with Gasteiger partial charge in [-0.2, -0.15) is 0 Å². The second-order valence-corrected chi connectivity index (χ2v) is 4.46. The van der Waals surface area contributed by atoms with Crippen LogP contribution in [0.15, 0.2) is 42.5 Å². The standard InChI is InChI=1S/C14H12ClFN2O/c1-18(13-5-3-2-4-12(13)16)14(19)10-8-9(17)6-7-11(10)15/h2-8H,17H2,1H3. The first-order chi connectivity index (χ1) is 9.00. The molecule has 0 aliphatic carbocycles. The maximum absolute atomic E-state index is 13.6. The smallest absolute Gasteiger partial charge is 0.259 e. The normalized spacial score (nSPS) is 10.3. The summed E-state index contributed by atoms with van der Waals surface area (Å²) in [7, 11) is 1.49. The number of benzene rings is 2. The maximum Gasteiger partial charge on any atom is 0.259 e. The average Bonchev–Trinajstić information content (AvgIpc) is 2.40. The van der Waals surface area contributed by atoms with Crippen molar-refractivity contribution in [2.75, 3.05) is 17.7 Å². The van der Waals surface area contributed by atoms with E-state index in [4.69, 9.17) is 17.3 Å². The third kappa shape index (κ3) is 2.69. The molecule has 0 aliphatic heterocycles. The Hall–Kier alpha value is -2.07. The molecule has 3 nitrogen and oxygen atoms in total. The van der Waals surface area contributed by atoms with Crippen LogP contribution in [0.25, 0.3) is 0 Å². The lowest BCUT2D eigenvalue weighted by Gasteiger charge is -2.18. The van der Waals surface area contributed by atoms with E-state index >= 15 is 0 Å². The number of hydrogen-bond acceptors (Lipinski definition) is 2. The van der Waals surface area contributed by atoms with Crippen LogP contribution in [-0.4, -0.2) is 13.0 Å². The van der Waals surface area contributed by atoms with Gasteiger partial charge in [0.1, 0.15) is 5.82 Å². The predicted molar refractivity (Wildman–Crippen MR) is 75.0 cm³/mol. The number of hydrogen-bond donors (Lipinski definition) is 1. The summed E-state index contributed by atoms with van der Waals surface area (Å²) in [5.41, 5.74) is 6.49. The fourth-order valence-corrected chi connectivity index (χ4v) is 1.92. The topological polar surface area (TPSA) is 46.3 Å². The average molecular weight is 279 g/mol. The van der Waals surface area contributed by atoms with Crippen LogP contribution in [-0.2, 0) is 0 Å². The molecular weight excluding hydrogens is 267 g/mol. The van der Waals surface area contributed by atoms with Gasteiger partial charge in [-0.1, -0.05) is 23.7 Å². The lowest BCUT2D eigenvalue weighted by Crippen LogP contribution is -2.27. The number of nitrogens with zero attached hydrogens (tertiary/aromatic N) is 1. The van der Waals surface area contributed by atoms with Crippen LogP contribution in [0, 0.1) is 5.82 Å². The summed E-state index contributed by atoms with van der Waals surface area (Å²) in [4.78, 5) is 13.5. The van der Waals surface area contributed by atoms with Crippen LogP contribution in [0.3, 0.4) is 0 Å². The van der Waals surface area contributed by atoms with E-state index in [1.807, 2.05) is 0 Å². The van der Waals surface area contributed by atoms with Crippen molar-refractivity contribution in [3.63, 3.8) is 0 Å². The van der Waals surface area contributed by atoms with Crippen LogP contribution in [0.4, 0.5) is 15.8 Å². The first kappa shape index (κ1) is 13.4. The zero-order chi connectivity index (χ0) is 14.0. The Morgan fingerprint density at radius 3 is 2.63 bits per heavy atom. The molecule has 2 N–H and O–H groups in total. The van der Waals surface area contributed by atoms with Crippen LogP contribution < -0.4 is 10.6 Å². The van der Waals surface area contributed by atoms with Crippen molar-refractivity contribution in [2.45, 2.75) is 0 Å². The Kier molecular flexibility index (Phi) is 3.71. The third-order valence-electron chi connectivity index (χ3n) is 2.74. The fraction of sp³-hybridized carbons (Fsp3) is 0.0714. The van der Waals surface area contributed by atoms with E-state index < -0.39 is 11.7 Å². The molecule has 0 aliphatic rings. The minimum Gasteiger partial charge on any atom is -0.399 e. The molecule has 0 saturated carbocycles. The van der Waals surface area contributed by atoms with E-state index in [0.717, 1.165) is 0 Å². The maximum atomic E-state index is 13.6. The molecule has 2 aromatic rings. The summed E-state index contributed by atoms with van der Waals surface area (Å²) >= 11 is 5.97. The Bertz CT molecular complexity index is 631. The van der Waals surface area contributed by atoms with Crippen LogP contribution in [0.1, 0.15) is 10.4 Å². The predicted octanol–water partition coefficient (Wildman–Crippen LogP) is 3.34. The molecule has 0 heterocycles. The summed E-state index contributed by atoms with van der Waals surface area (Å²) in [6, 6.07) is 10.6. The largest absolute Gasteiger partial charge is 0.399 e. The van der Waals surface area contributed by atoms with Crippen molar-refractivity contribution in [3.8, 4) is 0 Å². The molecule has 0 aromatic heterocycles. The van der Waals surface area contributed by atoms with Crippen molar-refractivity contribution in [3.05, 3.63) is 58.9 Å². The van der Waals surface area contributed by atoms with Gasteiger partial charge in [-0.25, -0.2) is 4.39 Å². The van der Waals surface area contributed by atoms with E-state index in [2.05, 4.69) is 0 Å². The number of carbonyl (C=O) groups excluding carboxylic acids is 1. The summed E-state index contributed by atoms with van der Waals surface area (Å²) in [6.45, 7) is 0. The molecule has 0 bridgehead atoms. The number of anilines is 2. The molecule has 0 fully saturated rings. The van der Waals surface area contributed by atoms with Crippen LogP contribution >= 0.6 is 11.6 Å². The van der Waals surface area contributed by atoms with Gasteiger partial charge < -0.3 is 10.6 Å². The number of amides is 1. The monoisotopic (exact) mass is 278 g/mol. The van der Waals surface area contributed by atoms with Gasteiger partial charge in [0, 0.05) is 12.7 Å². The van der Waals surface area contributed by atoms with Crippen molar-refractivity contribution < 1.29 is 9.18 Å². The SMILES string of the molecule is CN(C(=O)c1cc(N)ccc1Cl)c1ccccc1F. The molecule has 1 amide bonds. The van der Waals surface area contributed by atoms with E-state index in [1.54, 1.807) is 24.3 Å². The number of para-hydroxylation sites is 1. The number of rotatable bonds is 2. The quantitative estimate of drug-likeness (QED) is 0.857. The zero-order valence-corrected chi connectivity index (χ0v) is 11.0. The van der Waals surface area contributed by atoms with Gasteiger partial charge in [-0.15, -0.1) is 0 Å². The number of carbonyl (C=O) groups is 1. The summed E-state index contributed by atoms with van der Waals surface area (Å²) in [5, 5.41) is 0.280. The van der Waals surface area contributed by atoms with E-state index in [-0.39, 0.29) is 16.3 Å². The first-order valence-electron chi connectivity index (χ1n) is 5.58. The molecule has 0 atom stereocenters. The molecule has 5 heteroatoms. The van der Waals surface area contributed by atoms with Gasteiger partial charge in [0.2, 0.25) is 0 Å². The Morgan fingerprint density at radius 2 is 1.95 bits per heavy atom. The molecule has 0 unspecified atom stereocenters. The van der Waals surface area contributed by atoms with E-state index in [0.29, 0.717) is 5.69 Å². The fourth-order valence-electron chi connectivity index (χ4n) is 1.72.